The van der Waals surface area contributed by atoms with Crippen LogP contribution in [-0.2, 0) is 24.1 Å². The third-order valence-corrected chi connectivity index (χ3v) is 3.93. The molecule has 3 rings (SSSR count). The molecule has 0 saturated carbocycles. The summed E-state index contributed by atoms with van der Waals surface area (Å²) in [6.45, 7) is 1.22. The maximum absolute atomic E-state index is 12.7. The number of amides is 1. The predicted octanol–water partition coefficient (Wildman–Crippen LogP) is 0.781. The summed E-state index contributed by atoms with van der Waals surface area (Å²) in [5, 5.41) is 9.94. The Balaban J connectivity index is 1.73. The maximum Gasteiger partial charge on any atom is 0.451 e. The van der Waals surface area contributed by atoms with Crippen molar-refractivity contribution in [1.82, 2.24) is 25.0 Å². The number of carbonyl (C=O) groups excluding carboxylic acids is 1. The Morgan fingerprint density at radius 2 is 2.05 bits per heavy atom. The molecule has 0 spiro atoms. The molecule has 6 nitrogen and oxygen atoms in total. The van der Waals surface area contributed by atoms with Crippen LogP contribution in [0.3, 0.4) is 0 Å². The molecule has 9 heteroatoms. The zero-order valence-corrected chi connectivity index (χ0v) is 11.4. The van der Waals surface area contributed by atoms with Crippen molar-refractivity contribution in [3.05, 3.63) is 11.6 Å². The number of rotatable bonds is 1. The van der Waals surface area contributed by atoms with E-state index in [0.717, 1.165) is 30.4 Å². The van der Waals surface area contributed by atoms with Crippen LogP contribution in [-0.4, -0.2) is 44.7 Å². The fourth-order valence-electron chi connectivity index (χ4n) is 2.84. The molecule has 1 aromatic heterocycles. The van der Waals surface area contributed by atoms with Crippen LogP contribution in [0.25, 0.3) is 0 Å². The van der Waals surface area contributed by atoms with Gasteiger partial charge in [0.05, 0.1) is 12.6 Å². The number of carbonyl (C=O) groups is 1. The quantitative estimate of drug-likeness (QED) is 0.833. The van der Waals surface area contributed by atoms with E-state index >= 15 is 0 Å². The Kier molecular flexibility index (Phi) is 3.60. The van der Waals surface area contributed by atoms with E-state index in [1.165, 1.54) is 0 Å². The number of piperidine rings is 1. The van der Waals surface area contributed by atoms with E-state index in [1.54, 1.807) is 4.90 Å². The summed E-state index contributed by atoms with van der Waals surface area (Å²) in [6.07, 6.45) is -1.70. The van der Waals surface area contributed by atoms with Crippen molar-refractivity contribution >= 4 is 5.91 Å². The van der Waals surface area contributed by atoms with Crippen molar-refractivity contribution < 1.29 is 18.0 Å². The minimum absolute atomic E-state index is 0.0579. The van der Waals surface area contributed by atoms with Gasteiger partial charge < -0.3 is 14.8 Å². The lowest BCUT2D eigenvalue weighted by Gasteiger charge is -2.32. The van der Waals surface area contributed by atoms with Gasteiger partial charge >= 0.3 is 6.18 Å². The van der Waals surface area contributed by atoms with Gasteiger partial charge in [-0.2, -0.15) is 13.2 Å². The average molecular weight is 303 g/mol. The second-order valence-electron chi connectivity index (χ2n) is 5.35. The molecular weight excluding hydrogens is 287 g/mol. The van der Waals surface area contributed by atoms with Gasteiger partial charge in [-0.15, -0.1) is 10.2 Å². The van der Waals surface area contributed by atoms with Crippen LogP contribution >= 0.6 is 0 Å². The van der Waals surface area contributed by atoms with Gasteiger partial charge in [-0.3, -0.25) is 4.79 Å². The second kappa shape index (κ2) is 5.28. The highest BCUT2D eigenvalue weighted by Crippen LogP contribution is 2.29. The molecule has 116 valence electrons. The molecule has 1 N–H and O–H groups in total. The fourth-order valence-corrected chi connectivity index (χ4v) is 2.84. The van der Waals surface area contributed by atoms with Crippen LogP contribution in [0.4, 0.5) is 13.2 Å². The number of aromatic nitrogens is 3. The summed E-state index contributed by atoms with van der Waals surface area (Å²) in [6, 6.07) is -0.227. The number of alkyl halides is 3. The molecule has 1 saturated heterocycles. The van der Waals surface area contributed by atoms with E-state index in [-0.39, 0.29) is 37.4 Å². The normalized spacial score (nSPS) is 23.0. The highest BCUT2D eigenvalue weighted by Gasteiger charge is 2.40. The van der Waals surface area contributed by atoms with Gasteiger partial charge in [-0.05, 0) is 19.4 Å². The Bertz CT molecular complexity index is 535. The molecule has 0 aromatic carbocycles. The van der Waals surface area contributed by atoms with E-state index in [2.05, 4.69) is 15.5 Å². The topological polar surface area (TPSA) is 63.1 Å². The van der Waals surface area contributed by atoms with Crippen LogP contribution in [0.2, 0.25) is 0 Å². The van der Waals surface area contributed by atoms with Gasteiger partial charge in [-0.25, -0.2) is 0 Å². The molecule has 2 aliphatic rings. The van der Waals surface area contributed by atoms with Crippen LogP contribution in [0.5, 0.6) is 0 Å². The van der Waals surface area contributed by atoms with Crippen molar-refractivity contribution in [3.8, 4) is 0 Å². The molecule has 2 aliphatic heterocycles. The van der Waals surface area contributed by atoms with Crippen molar-refractivity contribution in [2.45, 2.75) is 44.6 Å². The molecule has 3 heterocycles. The Labute approximate surface area is 119 Å². The van der Waals surface area contributed by atoms with Gasteiger partial charge in [0.15, 0.2) is 5.82 Å². The van der Waals surface area contributed by atoms with Crippen LogP contribution in [0, 0.1) is 0 Å². The second-order valence-corrected chi connectivity index (χ2v) is 5.35. The predicted molar refractivity (Wildman–Crippen MR) is 66.1 cm³/mol. The van der Waals surface area contributed by atoms with Crippen LogP contribution in [0.1, 0.15) is 30.9 Å². The summed E-state index contributed by atoms with van der Waals surface area (Å²) in [5.74, 6) is -0.851. The minimum Gasteiger partial charge on any atom is -0.332 e. The molecule has 1 amide bonds. The van der Waals surface area contributed by atoms with E-state index in [9.17, 15) is 18.0 Å². The molecule has 0 radical (unpaired) electrons. The molecular formula is C12H16F3N5O. The molecule has 1 aromatic rings. The molecule has 0 bridgehead atoms. The number of fused-ring (bicyclic) bond motifs is 1. The first kappa shape index (κ1) is 14.3. The highest BCUT2D eigenvalue weighted by molar-refractivity contribution is 5.82. The largest absolute Gasteiger partial charge is 0.451 e. The van der Waals surface area contributed by atoms with Crippen molar-refractivity contribution in [2.75, 3.05) is 13.1 Å². The molecule has 1 fully saturated rings. The third-order valence-electron chi connectivity index (χ3n) is 3.93. The smallest absolute Gasteiger partial charge is 0.332 e. The standard InChI is InChI=1S/C12H16F3N5O/c13-12(14,15)11-18-17-9-7-19(5-6-20(9)11)10(21)8-3-1-2-4-16-8/h8,16H,1-7H2. The highest BCUT2D eigenvalue weighted by atomic mass is 19.4. The lowest BCUT2D eigenvalue weighted by molar-refractivity contribution is -0.148. The summed E-state index contributed by atoms with van der Waals surface area (Å²) >= 11 is 0. The van der Waals surface area contributed by atoms with E-state index in [0.29, 0.717) is 0 Å². The van der Waals surface area contributed by atoms with Gasteiger partial charge in [0.25, 0.3) is 0 Å². The average Bonchev–Trinajstić information content (AvgIpc) is 2.90. The lowest BCUT2D eigenvalue weighted by Crippen LogP contribution is -2.50. The monoisotopic (exact) mass is 303 g/mol. The molecule has 1 unspecified atom stereocenters. The number of hydrogen-bond donors (Lipinski definition) is 1. The number of nitrogens with one attached hydrogen (secondary N) is 1. The fraction of sp³-hybridized carbons (Fsp3) is 0.750. The summed E-state index contributed by atoms with van der Waals surface area (Å²) < 4.78 is 39.3. The number of nitrogens with zero attached hydrogens (tertiary/aromatic N) is 4. The SMILES string of the molecule is O=C(C1CCCCN1)N1CCn2c(nnc2C(F)(F)F)C1. The van der Waals surface area contributed by atoms with Crippen LogP contribution in [0.15, 0.2) is 0 Å². The Morgan fingerprint density at radius 3 is 2.71 bits per heavy atom. The van der Waals surface area contributed by atoms with E-state index in [4.69, 9.17) is 0 Å². The van der Waals surface area contributed by atoms with Crippen molar-refractivity contribution in [3.63, 3.8) is 0 Å². The van der Waals surface area contributed by atoms with Gasteiger partial charge in [0, 0.05) is 13.1 Å². The minimum atomic E-state index is -4.51. The summed E-state index contributed by atoms with van der Waals surface area (Å²) in [4.78, 5) is 13.9. The summed E-state index contributed by atoms with van der Waals surface area (Å²) in [7, 11) is 0. The molecule has 1 atom stereocenters. The zero-order valence-electron chi connectivity index (χ0n) is 11.4. The van der Waals surface area contributed by atoms with Crippen LogP contribution < -0.4 is 5.32 Å². The maximum atomic E-state index is 12.7. The van der Waals surface area contributed by atoms with E-state index < -0.39 is 12.0 Å². The zero-order chi connectivity index (χ0) is 15.0. The Hall–Kier alpha value is -1.64. The first-order chi connectivity index (χ1) is 9.97. The summed E-state index contributed by atoms with van der Waals surface area (Å²) in [5.41, 5.74) is 0. The van der Waals surface area contributed by atoms with Gasteiger partial charge in [0.2, 0.25) is 11.7 Å². The lowest BCUT2D eigenvalue weighted by atomic mass is 10.0. The van der Waals surface area contributed by atoms with Gasteiger partial charge in [-0.1, -0.05) is 6.42 Å². The number of hydrogen-bond acceptors (Lipinski definition) is 4. The third kappa shape index (κ3) is 2.74. The number of halogens is 3. The first-order valence-corrected chi connectivity index (χ1v) is 6.98. The molecule has 21 heavy (non-hydrogen) atoms. The van der Waals surface area contributed by atoms with Crippen molar-refractivity contribution in [2.24, 2.45) is 0 Å². The van der Waals surface area contributed by atoms with Gasteiger partial charge in [0.1, 0.15) is 0 Å². The van der Waals surface area contributed by atoms with E-state index in [1.807, 2.05) is 0 Å². The Morgan fingerprint density at radius 1 is 1.24 bits per heavy atom. The van der Waals surface area contributed by atoms with Crippen molar-refractivity contribution in [1.29, 1.82) is 0 Å². The molecule has 0 aliphatic carbocycles. The first-order valence-electron chi connectivity index (χ1n) is 6.98.